The van der Waals surface area contributed by atoms with Crippen LogP contribution in [0.5, 0.6) is 0 Å². The minimum Gasteiger partial charge on any atom is -0.353 e. The molecule has 98 valence electrons. The van der Waals surface area contributed by atoms with Crippen LogP contribution in [0.25, 0.3) is 0 Å². The van der Waals surface area contributed by atoms with Crippen molar-refractivity contribution in [2.24, 2.45) is 0 Å². The third-order valence-electron chi connectivity index (χ3n) is 2.63. The topological polar surface area (TPSA) is 40.5 Å². The lowest BCUT2D eigenvalue weighted by atomic mass is 10.1. The summed E-state index contributed by atoms with van der Waals surface area (Å²) >= 11 is 10.8. The molecule has 0 saturated carbocycles. The Morgan fingerprint density at radius 3 is 1.44 bits per heavy atom. The first-order valence-electron chi connectivity index (χ1n) is 6.26. The van der Waals surface area contributed by atoms with Gasteiger partial charge in [-0.05, 0) is 12.8 Å². The number of rotatable bonds is 11. The van der Waals surface area contributed by atoms with Gasteiger partial charge in [0.2, 0.25) is 5.25 Å². The molecule has 0 saturated heterocycles. The fraction of sp³-hybridized carbons (Fsp3) is 1.00. The highest BCUT2D eigenvalue weighted by molar-refractivity contribution is 6.21. The van der Waals surface area contributed by atoms with E-state index in [0.29, 0.717) is 0 Å². The summed E-state index contributed by atoms with van der Waals surface area (Å²) in [5.74, 6) is 0.780. The van der Waals surface area contributed by atoms with Crippen molar-refractivity contribution in [3.05, 3.63) is 0 Å². The largest absolute Gasteiger partial charge is 0.353 e. The predicted octanol–water partition coefficient (Wildman–Crippen LogP) is 4.00. The second-order valence-corrected chi connectivity index (χ2v) is 5.32. The molecule has 0 heterocycles. The monoisotopic (exact) mass is 270 g/mol. The molecule has 0 aliphatic carbocycles. The molecule has 2 nitrogen and oxygen atoms in total. The van der Waals surface area contributed by atoms with E-state index in [-0.39, 0.29) is 6.42 Å². The van der Waals surface area contributed by atoms with E-state index in [4.69, 9.17) is 33.4 Å². The molecule has 0 radical (unpaired) electrons. The molecule has 0 atom stereocenters. The average molecular weight is 271 g/mol. The number of alkyl halides is 2. The lowest BCUT2D eigenvalue weighted by Gasteiger charge is -2.11. The van der Waals surface area contributed by atoms with Crippen LogP contribution in [0.3, 0.4) is 0 Å². The van der Waals surface area contributed by atoms with Gasteiger partial charge < -0.3 is 10.2 Å². The Hall–Kier alpha value is 0.500. The number of hydrogen-bond donors (Lipinski definition) is 2. The second-order valence-electron chi connectivity index (χ2n) is 4.34. The van der Waals surface area contributed by atoms with E-state index in [1.807, 2.05) is 0 Å². The summed E-state index contributed by atoms with van der Waals surface area (Å²) in [6, 6.07) is 0. The highest BCUT2D eigenvalue weighted by atomic mass is 35.5. The van der Waals surface area contributed by atoms with E-state index >= 15 is 0 Å². The highest BCUT2D eigenvalue weighted by Crippen LogP contribution is 2.17. The van der Waals surface area contributed by atoms with Gasteiger partial charge in [-0.3, -0.25) is 0 Å². The first-order valence-corrected chi connectivity index (χ1v) is 7.17. The van der Waals surface area contributed by atoms with Gasteiger partial charge in [-0.15, -0.1) is 11.6 Å². The molecular weight excluding hydrogens is 247 g/mol. The molecule has 0 spiro atoms. The van der Waals surface area contributed by atoms with Crippen LogP contribution in [-0.4, -0.2) is 21.3 Å². The van der Waals surface area contributed by atoms with Crippen molar-refractivity contribution >= 4 is 23.2 Å². The summed E-state index contributed by atoms with van der Waals surface area (Å²) in [5, 5.41) is 15.7. The first-order chi connectivity index (χ1) is 7.56. The Morgan fingerprint density at radius 1 is 0.688 bits per heavy atom. The average Bonchev–Trinajstić information content (AvgIpc) is 2.19. The summed E-state index contributed by atoms with van der Waals surface area (Å²) in [4.78, 5) is 0. The molecular formula is C12H24Cl2O2. The highest BCUT2D eigenvalue weighted by Gasteiger charge is 2.16. The van der Waals surface area contributed by atoms with Crippen LogP contribution >= 0.6 is 23.2 Å². The fourth-order valence-corrected chi connectivity index (χ4v) is 2.00. The lowest BCUT2D eigenvalue weighted by molar-refractivity contribution is -0.0906. The maximum absolute atomic E-state index is 8.85. The zero-order valence-electron chi connectivity index (χ0n) is 9.93. The number of aliphatic hydroxyl groups is 2. The second kappa shape index (κ2) is 10.6. The first kappa shape index (κ1) is 16.5. The molecule has 0 rings (SSSR count). The molecule has 0 aliphatic heterocycles. The number of hydrogen-bond acceptors (Lipinski definition) is 2. The summed E-state index contributed by atoms with van der Waals surface area (Å²) in [7, 11) is 0. The van der Waals surface area contributed by atoms with Gasteiger partial charge in [0.1, 0.15) is 0 Å². The van der Waals surface area contributed by atoms with Gasteiger partial charge in [0.25, 0.3) is 0 Å². The third kappa shape index (κ3) is 14.5. The summed E-state index contributed by atoms with van der Waals surface area (Å²) in [6.45, 7) is 0. The van der Waals surface area contributed by atoms with Crippen molar-refractivity contribution in [2.45, 2.75) is 69.5 Å². The Labute approximate surface area is 109 Å². The quantitative estimate of drug-likeness (QED) is 0.339. The van der Waals surface area contributed by atoms with Gasteiger partial charge in [-0.25, -0.2) is 0 Å². The number of halogens is 2. The van der Waals surface area contributed by atoms with Crippen LogP contribution in [0.15, 0.2) is 0 Å². The molecule has 0 bridgehead atoms. The molecule has 0 fully saturated rings. The molecule has 4 heteroatoms. The van der Waals surface area contributed by atoms with E-state index in [2.05, 4.69) is 0 Å². The van der Waals surface area contributed by atoms with Crippen LogP contribution in [0.2, 0.25) is 0 Å². The van der Waals surface area contributed by atoms with E-state index in [1.54, 1.807) is 0 Å². The van der Waals surface area contributed by atoms with Gasteiger partial charge in [-0.1, -0.05) is 56.5 Å². The normalized spacial score (nSPS) is 12.0. The standard InChI is InChI=1S/C12H24Cl2O2/c13-11-9-7-5-3-1-2-4-6-8-10-12(14,15)16/h15-16H,1-11H2. The van der Waals surface area contributed by atoms with Gasteiger partial charge in [0, 0.05) is 12.3 Å². The Bertz CT molecular complexity index is 146. The molecule has 0 amide bonds. The lowest BCUT2D eigenvalue weighted by Crippen LogP contribution is -2.18. The van der Waals surface area contributed by atoms with E-state index in [0.717, 1.165) is 31.6 Å². The third-order valence-corrected chi connectivity index (χ3v) is 3.08. The Balaban J connectivity index is 2.99. The minimum absolute atomic E-state index is 0.254. The van der Waals surface area contributed by atoms with Crippen LogP contribution < -0.4 is 0 Å². The van der Waals surface area contributed by atoms with Crippen LogP contribution in [0.4, 0.5) is 0 Å². The van der Waals surface area contributed by atoms with E-state index < -0.39 is 5.25 Å². The summed E-state index contributed by atoms with van der Waals surface area (Å²) in [6.07, 6.45) is 10.7. The van der Waals surface area contributed by atoms with Crippen LogP contribution in [0, 0.1) is 0 Å². The van der Waals surface area contributed by atoms with Crippen molar-refractivity contribution in [3.8, 4) is 0 Å². The van der Waals surface area contributed by atoms with Gasteiger partial charge in [0.15, 0.2) is 0 Å². The number of unbranched alkanes of at least 4 members (excludes halogenated alkanes) is 8. The molecule has 0 aromatic heterocycles. The van der Waals surface area contributed by atoms with Crippen LogP contribution in [0.1, 0.15) is 64.2 Å². The molecule has 0 aromatic rings. The van der Waals surface area contributed by atoms with Gasteiger partial charge in [-0.2, -0.15) is 0 Å². The zero-order chi connectivity index (χ0) is 12.3. The van der Waals surface area contributed by atoms with Crippen molar-refractivity contribution in [2.75, 3.05) is 5.88 Å². The fourth-order valence-electron chi connectivity index (χ4n) is 1.68. The van der Waals surface area contributed by atoms with Gasteiger partial charge >= 0.3 is 0 Å². The van der Waals surface area contributed by atoms with Gasteiger partial charge in [0.05, 0.1) is 0 Å². The molecule has 0 unspecified atom stereocenters. The Morgan fingerprint density at radius 2 is 1.06 bits per heavy atom. The molecule has 2 N–H and O–H groups in total. The minimum atomic E-state index is -2.00. The summed E-state index contributed by atoms with van der Waals surface area (Å²) < 4.78 is 0. The molecule has 0 aromatic carbocycles. The molecule has 0 aliphatic rings. The van der Waals surface area contributed by atoms with Crippen molar-refractivity contribution in [1.29, 1.82) is 0 Å². The van der Waals surface area contributed by atoms with Crippen LogP contribution in [-0.2, 0) is 0 Å². The van der Waals surface area contributed by atoms with Crippen molar-refractivity contribution in [3.63, 3.8) is 0 Å². The molecule has 16 heavy (non-hydrogen) atoms. The van der Waals surface area contributed by atoms with Crippen molar-refractivity contribution in [1.82, 2.24) is 0 Å². The maximum Gasteiger partial charge on any atom is 0.243 e. The maximum atomic E-state index is 8.85. The SMILES string of the molecule is OC(O)(Cl)CCCCCCCCCCCCl. The van der Waals surface area contributed by atoms with E-state index in [1.165, 1.54) is 32.1 Å². The van der Waals surface area contributed by atoms with E-state index in [9.17, 15) is 0 Å². The zero-order valence-corrected chi connectivity index (χ0v) is 11.4. The smallest absolute Gasteiger partial charge is 0.243 e. The van der Waals surface area contributed by atoms with Crippen molar-refractivity contribution < 1.29 is 10.2 Å². The predicted molar refractivity (Wildman–Crippen MR) is 69.9 cm³/mol. The summed E-state index contributed by atoms with van der Waals surface area (Å²) in [5.41, 5.74) is 0. The Kier molecular flexibility index (Phi) is 11.0.